The molecule has 0 bridgehead atoms. The summed E-state index contributed by atoms with van der Waals surface area (Å²) in [6, 6.07) is 16.3. The van der Waals surface area contributed by atoms with E-state index in [1.54, 1.807) is 25.5 Å². The second kappa shape index (κ2) is 9.68. The monoisotopic (exact) mass is 504 g/mol. The summed E-state index contributed by atoms with van der Waals surface area (Å²) in [5.41, 5.74) is 7.36. The summed E-state index contributed by atoms with van der Waals surface area (Å²) in [6.07, 6.45) is -0.191. The first-order valence-corrected chi connectivity index (χ1v) is 12.1. The van der Waals surface area contributed by atoms with E-state index in [4.69, 9.17) is 20.3 Å². The first-order valence-electron chi connectivity index (χ1n) is 12.1. The van der Waals surface area contributed by atoms with Gasteiger partial charge in [0.05, 0.1) is 18.0 Å². The lowest BCUT2D eigenvalue weighted by Gasteiger charge is -2.35. The van der Waals surface area contributed by atoms with Crippen molar-refractivity contribution in [1.82, 2.24) is 24.6 Å². The molecule has 1 saturated heterocycles. The molecule has 5 rings (SSSR count). The molecule has 1 aliphatic rings. The Bertz CT molecular complexity index is 1400. The Morgan fingerprint density at radius 2 is 1.76 bits per heavy atom. The first kappa shape index (κ1) is 24.5. The quantitative estimate of drug-likeness (QED) is 0.397. The fourth-order valence-corrected chi connectivity index (χ4v) is 4.39. The second-order valence-corrected chi connectivity index (χ2v) is 9.99. The molecule has 1 fully saturated rings. The molecule has 2 aromatic heterocycles. The number of hydrogen-bond donors (Lipinski definition) is 1. The smallest absolute Gasteiger partial charge is 0.410 e. The number of hydrogen-bond acceptors (Lipinski definition) is 7. The zero-order valence-corrected chi connectivity index (χ0v) is 21.0. The van der Waals surface area contributed by atoms with E-state index in [0.29, 0.717) is 35.4 Å². The molecule has 10 heteroatoms. The van der Waals surface area contributed by atoms with Gasteiger partial charge in [-0.05, 0) is 63.6 Å². The zero-order chi connectivity index (χ0) is 26.2. The van der Waals surface area contributed by atoms with Gasteiger partial charge in [-0.25, -0.2) is 23.8 Å². The molecule has 9 nitrogen and oxygen atoms in total. The lowest BCUT2D eigenvalue weighted by molar-refractivity contribution is 0.00611. The number of rotatable bonds is 4. The van der Waals surface area contributed by atoms with Gasteiger partial charge in [-0.3, -0.25) is 0 Å². The van der Waals surface area contributed by atoms with Gasteiger partial charge < -0.3 is 20.1 Å². The Morgan fingerprint density at radius 1 is 1.05 bits per heavy atom. The number of benzene rings is 2. The maximum Gasteiger partial charge on any atom is 0.410 e. The summed E-state index contributed by atoms with van der Waals surface area (Å²) in [5.74, 6) is 1.66. The van der Waals surface area contributed by atoms with Crippen molar-refractivity contribution in [2.75, 3.05) is 18.8 Å². The van der Waals surface area contributed by atoms with Gasteiger partial charge in [0.25, 0.3) is 0 Å². The first-order chi connectivity index (χ1) is 17.7. The maximum atomic E-state index is 15.5. The molecular formula is C27H29FN6O3. The number of ether oxygens (including phenoxy) is 2. The SMILES string of the molecule is CC(C)(C)OC(=O)N1CCC(n2nc(-c3ccc(Oc4ccccc4)cc3)c3c(N)ncnc32)[C@@H](F)C1. The normalized spacial score (nSPS) is 18.1. The molecule has 0 spiro atoms. The lowest BCUT2D eigenvalue weighted by Crippen LogP contribution is -2.47. The van der Waals surface area contributed by atoms with Gasteiger partial charge in [-0.15, -0.1) is 0 Å². The topological polar surface area (TPSA) is 108 Å². The van der Waals surface area contributed by atoms with Crippen molar-refractivity contribution in [1.29, 1.82) is 0 Å². The van der Waals surface area contributed by atoms with Crippen LogP contribution in [0.5, 0.6) is 11.5 Å². The molecule has 0 aliphatic carbocycles. The maximum absolute atomic E-state index is 15.5. The van der Waals surface area contributed by atoms with Crippen LogP contribution in [-0.2, 0) is 4.74 Å². The number of anilines is 1. The third kappa shape index (κ3) is 5.18. The molecular weight excluding hydrogens is 475 g/mol. The van der Waals surface area contributed by atoms with Crippen molar-refractivity contribution in [3.63, 3.8) is 0 Å². The van der Waals surface area contributed by atoms with Crippen molar-refractivity contribution in [2.24, 2.45) is 0 Å². The van der Waals surface area contributed by atoms with Crippen LogP contribution in [0.1, 0.15) is 33.2 Å². The fraction of sp³-hybridized carbons (Fsp3) is 0.333. The number of amides is 1. The molecule has 0 radical (unpaired) electrons. The van der Waals surface area contributed by atoms with Crippen LogP contribution in [0.4, 0.5) is 15.0 Å². The molecule has 1 aliphatic heterocycles. The van der Waals surface area contributed by atoms with E-state index in [0.717, 1.165) is 11.3 Å². The molecule has 1 amide bonds. The minimum Gasteiger partial charge on any atom is -0.457 e. The third-order valence-corrected chi connectivity index (χ3v) is 6.10. The van der Waals surface area contributed by atoms with Crippen LogP contribution in [0.3, 0.4) is 0 Å². The number of carbonyl (C=O) groups excluding carboxylic acids is 1. The highest BCUT2D eigenvalue weighted by molar-refractivity contribution is 5.98. The molecule has 3 heterocycles. The van der Waals surface area contributed by atoms with Gasteiger partial charge in [0.15, 0.2) is 5.65 Å². The number of alkyl halides is 1. The zero-order valence-electron chi connectivity index (χ0n) is 21.0. The Morgan fingerprint density at radius 3 is 2.43 bits per heavy atom. The van der Waals surface area contributed by atoms with Crippen LogP contribution >= 0.6 is 0 Å². The second-order valence-electron chi connectivity index (χ2n) is 9.99. The van der Waals surface area contributed by atoms with Crippen LogP contribution in [0.15, 0.2) is 60.9 Å². The number of fused-ring (bicyclic) bond motifs is 1. The van der Waals surface area contributed by atoms with Gasteiger partial charge in [0.1, 0.15) is 41.1 Å². The molecule has 4 aromatic rings. The van der Waals surface area contributed by atoms with E-state index in [1.165, 1.54) is 11.2 Å². The van der Waals surface area contributed by atoms with Crippen molar-refractivity contribution < 1.29 is 18.7 Å². The number of halogens is 1. The van der Waals surface area contributed by atoms with Crippen molar-refractivity contribution >= 4 is 22.9 Å². The van der Waals surface area contributed by atoms with Gasteiger partial charge in [0.2, 0.25) is 0 Å². The Kier molecular flexibility index (Phi) is 6.41. The fourth-order valence-electron chi connectivity index (χ4n) is 4.39. The van der Waals surface area contributed by atoms with Crippen LogP contribution in [0.25, 0.3) is 22.3 Å². The van der Waals surface area contributed by atoms with Crippen molar-refractivity contribution in [3.05, 3.63) is 60.9 Å². The van der Waals surface area contributed by atoms with Gasteiger partial charge in [-0.1, -0.05) is 18.2 Å². The van der Waals surface area contributed by atoms with E-state index in [9.17, 15) is 4.79 Å². The van der Waals surface area contributed by atoms with Gasteiger partial charge in [-0.2, -0.15) is 5.10 Å². The summed E-state index contributed by atoms with van der Waals surface area (Å²) in [5, 5.41) is 5.31. The van der Waals surface area contributed by atoms with Gasteiger partial charge in [0, 0.05) is 12.1 Å². The largest absolute Gasteiger partial charge is 0.457 e. The van der Waals surface area contributed by atoms with E-state index in [2.05, 4.69) is 9.97 Å². The highest BCUT2D eigenvalue weighted by atomic mass is 19.1. The molecule has 2 aromatic carbocycles. The van der Waals surface area contributed by atoms with Gasteiger partial charge >= 0.3 is 6.09 Å². The summed E-state index contributed by atoms with van der Waals surface area (Å²) in [4.78, 5) is 22.4. The van der Waals surface area contributed by atoms with E-state index < -0.39 is 23.9 Å². The molecule has 0 saturated carbocycles. The Balaban J connectivity index is 1.42. The third-order valence-electron chi connectivity index (χ3n) is 6.10. The number of likely N-dealkylation sites (tertiary alicyclic amines) is 1. The van der Waals surface area contributed by atoms with Crippen LogP contribution in [0, 0.1) is 0 Å². The average Bonchev–Trinajstić information content (AvgIpc) is 3.25. The van der Waals surface area contributed by atoms with E-state index >= 15 is 4.39 Å². The number of aromatic nitrogens is 4. The number of para-hydroxylation sites is 1. The number of nitrogens with zero attached hydrogens (tertiary/aromatic N) is 5. The molecule has 1 unspecified atom stereocenters. The lowest BCUT2D eigenvalue weighted by atomic mass is 10.0. The van der Waals surface area contributed by atoms with E-state index in [-0.39, 0.29) is 12.4 Å². The molecule has 2 N–H and O–H groups in total. The predicted octanol–water partition coefficient (Wildman–Crippen LogP) is 5.39. The number of piperidine rings is 1. The van der Waals surface area contributed by atoms with Crippen molar-refractivity contribution in [2.45, 2.75) is 45.0 Å². The Hall–Kier alpha value is -4.21. The highest BCUT2D eigenvalue weighted by Crippen LogP contribution is 2.36. The highest BCUT2D eigenvalue weighted by Gasteiger charge is 2.36. The van der Waals surface area contributed by atoms with E-state index in [1.807, 2.05) is 54.6 Å². The van der Waals surface area contributed by atoms with Crippen LogP contribution in [0.2, 0.25) is 0 Å². The number of nitrogen functional groups attached to an aromatic ring is 1. The number of carbonyl (C=O) groups is 1. The molecule has 192 valence electrons. The molecule has 2 atom stereocenters. The Labute approximate surface area is 214 Å². The van der Waals surface area contributed by atoms with Crippen LogP contribution < -0.4 is 10.5 Å². The standard InChI is InChI=1S/C27H29FN6O3/c1-27(2,3)37-26(35)33-14-13-21(20(28)15-33)34-25-22(24(29)30-16-31-25)23(32-34)17-9-11-19(12-10-17)36-18-7-5-4-6-8-18/h4-12,16,20-21H,13-15H2,1-3H3,(H2,29,30,31)/t20-,21?/m0/s1. The average molecular weight is 505 g/mol. The summed E-state index contributed by atoms with van der Waals surface area (Å²) in [7, 11) is 0. The van der Waals surface area contributed by atoms with Crippen LogP contribution in [-0.4, -0.2) is 55.6 Å². The predicted molar refractivity (Wildman–Crippen MR) is 138 cm³/mol. The molecule has 37 heavy (non-hydrogen) atoms. The number of nitrogens with two attached hydrogens (primary N) is 1. The summed E-state index contributed by atoms with van der Waals surface area (Å²) < 4.78 is 28.4. The minimum absolute atomic E-state index is 0.0949. The summed E-state index contributed by atoms with van der Waals surface area (Å²) >= 11 is 0. The van der Waals surface area contributed by atoms with Crippen molar-refractivity contribution in [3.8, 4) is 22.8 Å². The minimum atomic E-state index is -1.37. The summed E-state index contributed by atoms with van der Waals surface area (Å²) in [6.45, 7) is 5.59.